The molecule has 0 spiro atoms. The van der Waals surface area contributed by atoms with Crippen molar-refractivity contribution in [3.8, 4) is 11.4 Å². The number of nitrogens with zero attached hydrogens (tertiary/aromatic N) is 2. The lowest BCUT2D eigenvalue weighted by Crippen LogP contribution is -2.09. The van der Waals surface area contributed by atoms with Gasteiger partial charge < -0.3 is 20.0 Å². The number of hydrogen-bond donors (Lipinski definition) is 2. The van der Waals surface area contributed by atoms with Crippen molar-refractivity contribution < 1.29 is 0 Å². The molecule has 0 fully saturated rings. The van der Waals surface area contributed by atoms with Crippen molar-refractivity contribution in [2.75, 3.05) is 0 Å². The predicted octanol–water partition coefficient (Wildman–Crippen LogP) is 10.2. The number of fused-ring (bicyclic) bond motifs is 8. The van der Waals surface area contributed by atoms with Gasteiger partial charge in [0.25, 0.3) is 0 Å². The van der Waals surface area contributed by atoms with E-state index in [2.05, 4.69) is 137 Å². The molecule has 7 aromatic carbocycles. The third kappa shape index (κ3) is 3.33. The summed E-state index contributed by atoms with van der Waals surface area (Å²) in [4.78, 5) is 0. The van der Waals surface area contributed by atoms with Crippen molar-refractivity contribution in [3.63, 3.8) is 0 Å². The van der Waals surface area contributed by atoms with Crippen molar-refractivity contribution in [1.29, 1.82) is 10.8 Å². The normalized spacial score (nSPS) is 11.8. The van der Waals surface area contributed by atoms with Crippen LogP contribution in [0.1, 0.15) is 11.1 Å². The fourth-order valence-corrected chi connectivity index (χ4v) is 7.12. The average Bonchev–Trinajstić information content (AvgIpc) is 3.57. The zero-order chi connectivity index (χ0) is 29.4. The summed E-state index contributed by atoms with van der Waals surface area (Å²) >= 11 is 0. The number of benzene rings is 7. The molecule has 0 amide bonds. The smallest absolute Gasteiger partial charge is 0.0797 e. The van der Waals surface area contributed by atoms with Crippen LogP contribution >= 0.6 is 0 Å². The van der Waals surface area contributed by atoms with Gasteiger partial charge >= 0.3 is 0 Å². The van der Waals surface area contributed by atoms with E-state index >= 15 is 0 Å². The van der Waals surface area contributed by atoms with E-state index in [9.17, 15) is 0 Å². The Morgan fingerprint density at radius 2 is 0.886 bits per heavy atom. The maximum absolute atomic E-state index is 8.68. The number of hydrogen-bond acceptors (Lipinski definition) is 2. The predicted molar refractivity (Wildman–Crippen MR) is 186 cm³/mol. The molecule has 9 aromatic rings. The highest BCUT2D eigenvalue weighted by molar-refractivity contribution is 6.16. The molecule has 0 radical (unpaired) electrons. The van der Waals surface area contributed by atoms with E-state index in [1.807, 2.05) is 6.07 Å². The lowest BCUT2D eigenvalue weighted by Gasteiger charge is -2.20. The first-order valence-corrected chi connectivity index (χ1v) is 14.8. The van der Waals surface area contributed by atoms with Crippen LogP contribution in [-0.2, 0) is 0 Å². The molecular formula is C40H26N4. The van der Waals surface area contributed by atoms with Crippen LogP contribution < -0.4 is 0 Å². The van der Waals surface area contributed by atoms with Gasteiger partial charge in [0, 0.05) is 45.1 Å². The van der Waals surface area contributed by atoms with E-state index in [0.717, 1.165) is 49.6 Å². The van der Waals surface area contributed by atoms with E-state index < -0.39 is 0 Å². The second-order valence-corrected chi connectivity index (χ2v) is 11.4. The van der Waals surface area contributed by atoms with Gasteiger partial charge in [-0.2, -0.15) is 0 Å². The van der Waals surface area contributed by atoms with Crippen molar-refractivity contribution in [1.82, 2.24) is 9.13 Å². The summed E-state index contributed by atoms with van der Waals surface area (Å²) in [5.41, 5.74) is 7.61. The highest BCUT2D eigenvalue weighted by Gasteiger charge is 2.23. The highest BCUT2D eigenvalue weighted by atomic mass is 15.1. The van der Waals surface area contributed by atoms with Gasteiger partial charge in [0.05, 0.1) is 33.4 Å². The number of nitrogens with one attached hydrogen (secondary N) is 2. The molecule has 4 nitrogen and oxygen atoms in total. The van der Waals surface area contributed by atoms with Crippen LogP contribution in [0.25, 0.3) is 76.5 Å². The van der Waals surface area contributed by atoms with Crippen LogP contribution in [0.3, 0.4) is 0 Å². The monoisotopic (exact) mass is 562 g/mol. The Labute approximate surface area is 253 Å². The Kier molecular flexibility index (Phi) is 5.17. The summed E-state index contributed by atoms with van der Waals surface area (Å²) in [5.74, 6) is 0. The minimum Gasteiger partial charge on any atom is -0.308 e. The van der Waals surface area contributed by atoms with Gasteiger partial charge in [0.2, 0.25) is 0 Å². The Morgan fingerprint density at radius 3 is 1.43 bits per heavy atom. The van der Waals surface area contributed by atoms with E-state index in [0.29, 0.717) is 11.1 Å². The lowest BCUT2D eigenvalue weighted by molar-refractivity contribution is 1.09. The molecule has 0 unspecified atom stereocenters. The average molecular weight is 563 g/mol. The zero-order valence-electron chi connectivity index (χ0n) is 23.8. The third-order valence-corrected chi connectivity index (χ3v) is 9.07. The van der Waals surface area contributed by atoms with E-state index in [-0.39, 0.29) is 0 Å². The van der Waals surface area contributed by atoms with Gasteiger partial charge in [-0.05, 0) is 64.0 Å². The van der Waals surface area contributed by atoms with Crippen LogP contribution in [0, 0.1) is 10.8 Å². The van der Waals surface area contributed by atoms with Crippen molar-refractivity contribution in [2.45, 2.75) is 0 Å². The van der Waals surface area contributed by atoms with Crippen LogP contribution in [-0.4, -0.2) is 21.6 Å². The summed E-state index contributed by atoms with van der Waals surface area (Å²) in [6.45, 7) is 0. The van der Waals surface area contributed by atoms with E-state index in [4.69, 9.17) is 10.8 Å². The van der Waals surface area contributed by atoms with Gasteiger partial charge in [-0.1, -0.05) is 91.0 Å². The quantitative estimate of drug-likeness (QED) is 0.201. The fourth-order valence-electron chi connectivity index (χ4n) is 7.12. The second kappa shape index (κ2) is 9.25. The van der Waals surface area contributed by atoms with Gasteiger partial charge in [-0.3, -0.25) is 0 Å². The third-order valence-electron chi connectivity index (χ3n) is 9.07. The maximum atomic E-state index is 8.68. The number of aromatic nitrogens is 2. The number of para-hydroxylation sites is 2. The summed E-state index contributed by atoms with van der Waals surface area (Å²) in [6.07, 6.45) is 2.76. The molecular weight excluding hydrogens is 536 g/mol. The molecule has 0 aliphatic rings. The first kappa shape index (κ1) is 24.6. The molecule has 9 rings (SSSR count). The first-order valence-electron chi connectivity index (χ1n) is 14.8. The Morgan fingerprint density at radius 1 is 0.409 bits per heavy atom. The molecule has 0 saturated heterocycles. The summed E-state index contributed by atoms with van der Waals surface area (Å²) < 4.78 is 4.65. The van der Waals surface area contributed by atoms with Crippen LogP contribution in [0.4, 0.5) is 0 Å². The van der Waals surface area contributed by atoms with Gasteiger partial charge in [-0.25, -0.2) is 0 Å². The lowest BCUT2D eigenvalue weighted by atomic mass is 10.0. The van der Waals surface area contributed by atoms with Gasteiger partial charge in [0.1, 0.15) is 0 Å². The topological polar surface area (TPSA) is 57.6 Å². The number of rotatable bonds is 4. The second-order valence-electron chi connectivity index (χ2n) is 11.4. The van der Waals surface area contributed by atoms with Gasteiger partial charge in [0.15, 0.2) is 0 Å². The minimum absolute atomic E-state index is 0.705. The largest absolute Gasteiger partial charge is 0.308 e. The van der Waals surface area contributed by atoms with Crippen molar-refractivity contribution >= 4 is 77.6 Å². The molecule has 4 heteroatoms. The molecule has 0 aliphatic heterocycles. The Bertz CT molecular complexity index is 2650. The van der Waals surface area contributed by atoms with Crippen LogP contribution in [0.15, 0.2) is 133 Å². The Balaban J connectivity index is 1.51. The molecule has 2 heterocycles. The zero-order valence-corrected chi connectivity index (χ0v) is 23.8. The highest BCUT2D eigenvalue weighted by Crippen LogP contribution is 2.41. The molecule has 0 saturated carbocycles. The van der Waals surface area contributed by atoms with E-state index in [1.54, 1.807) is 0 Å². The standard InChI is InChI=1S/C40H26N4/c41-23-29-17-18-37(43-35-15-7-5-13-30(35)32-19-25-9-1-3-11-27(25)21-38(32)43)40(34(29)24-42)44-36-16-8-6-14-31(36)33-20-26-10-2-4-12-28(26)22-39(33)44/h1-24,41-42H. The van der Waals surface area contributed by atoms with Crippen molar-refractivity contribution in [3.05, 3.63) is 145 Å². The first-order chi connectivity index (χ1) is 21.7. The summed E-state index contributed by atoms with van der Waals surface area (Å²) in [5, 5.41) is 26.4. The summed E-state index contributed by atoms with van der Waals surface area (Å²) in [7, 11) is 0. The molecule has 0 bridgehead atoms. The van der Waals surface area contributed by atoms with Crippen LogP contribution in [0.2, 0.25) is 0 Å². The van der Waals surface area contributed by atoms with Gasteiger partial charge in [-0.15, -0.1) is 0 Å². The molecule has 2 N–H and O–H groups in total. The maximum Gasteiger partial charge on any atom is 0.0797 e. The van der Waals surface area contributed by atoms with Crippen LogP contribution in [0.5, 0.6) is 0 Å². The molecule has 2 aromatic heterocycles. The molecule has 0 aliphatic carbocycles. The Hall–Kier alpha value is -6.00. The fraction of sp³-hybridized carbons (Fsp3) is 0. The molecule has 0 atom stereocenters. The SMILES string of the molecule is N=Cc1ccc(-n2c3ccccc3c3cc4ccccc4cc32)c(-n2c3ccccc3c3cc4ccccc4cc32)c1C=N. The minimum atomic E-state index is 0.705. The summed E-state index contributed by atoms with van der Waals surface area (Å²) in [6, 6.07) is 47.2. The molecule has 206 valence electrons. The van der Waals surface area contributed by atoms with E-state index in [1.165, 1.54) is 39.4 Å². The molecule has 44 heavy (non-hydrogen) atoms. The van der Waals surface area contributed by atoms with Crippen molar-refractivity contribution in [2.24, 2.45) is 0 Å².